The predicted octanol–water partition coefficient (Wildman–Crippen LogP) is 1.35. The lowest BCUT2D eigenvalue weighted by Crippen LogP contribution is -2.25. The number of hydrogen-bond donors (Lipinski definition) is 1. The molecule has 1 aliphatic rings. The summed E-state index contributed by atoms with van der Waals surface area (Å²) in [4.78, 5) is 25.2. The largest absolute Gasteiger partial charge is 0.345 e. The first-order valence-electron chi connectivity index (χ1n) is 7.23. The number of likely N-dealkylation sites (tertiary alicyclic amines) is 1. The van der Waals surface area contributed by atoms with Crippen LogP contribution < -0.4 is 5.32 Å². The monoisotopic (exact) mass is 298 g/mol. The molecule has 1 unspecified atom stereocenters. The van der Waals surface area contributed by atoms with E-state index in [1.807, 2.05) is 30.3 Å². The second kappa shape index (κ2) is 6.01. The molecule has 22 heavy (non-hydrogen) atoms. The zero-order chi connectivity index (χ0) is 15.5. The van der Waals surface area contributed by atoms with Crippen LogP contribution in [-0.2, 0) is 16.1 Å². The first-order valence-corrected chi connectivity index (χ1v) is 7.23. The Morgan fingerprint density at radius 2 is 2.14 bits per heavy atom. The zero-order valence-corrected chi connectivity index (χ0v) is 12.4. The topological polar surface area (TPSA) is 67.2 Å². The van der Waals surface area contributed by atoms with Crippen molar-refractivity contribution in [2.75, 3.05) is 18.9 Å². The highest BCUT2D eigenvalue weighted by atomic mass is 16.2. The van der Waals surface area contributed by atoms with Gasteiger partial charge in [0.2, 0.25) is 11.8 Å². The lowest BCUT2D eigenvalue weighted by atomic mass is 10.1. The van der Waals surface area contributed by atoms with Crippen molar-refractivity contribution in [3.8, 4) is 0 Å². The smallest absolute Gasteiger partial charge is 0.229 e. The number of rotatable bonds is 4. The van der Waals surface area contributed by atoms with Crippen molar-refractivity contribution >= 4 is 17.5 Å². The number of anilines is 1. The fourth-order valence-electron chi connectivity index (χ4n) is 2.57. The molecule has 1 aromatic heterocycles. The molecule has 1 saturated heterocycles. The number of nitrogens with zero attached hydrogens (tertiary/aromatic N) is 3. The summed E-state index contributed by atoms with van der Waals surface area (Å²) in [5.74, 6) is -0.396. The lowest BCUT2D eigenvalue weighted by Gasteiger charge is -2.09. The molecule has 0 radical (unpaired) electrons. The maximum absolute atomic E-state index is 12.1. The highest BCUT2D eigenvalue weighted by Gasteiger charge is 2.32. The van der Waals surface area contributed by atoms with Crippen molar-refractivity contribution in [1.29, 1.82) is 0 Å². The van der Waals surface area contributed by atoms with Crippen molar-refractivity contribution in [1.82, 2.24) is 14.7 Å². The zero-order valence-electron chi connectivity index (χ0n) is 12.4. The van der Waals surface area contributed by atoms with Gasteiger partial charge in [0.25, 0.3) is 0 Å². The number of aromatic nitrogens is 2. The van der Waals surface area contributed by atoms with Crippen LogP contribution in [0.25, 0.3) is 0 Å². The molecule has 1 atom stereocenters. The van der Waals surface area contributed by atoms with Crippen LogP contribution in [-0.4, -0.2) is 40.1 Å². The van der Waals surface area contributed by atoms with E-state index in [1.54, 1.807) is 29.0 Å². The third-order valence-corrected chi connectivity index (χ3v) is 3.80. The molecule has 3 rings (SSSR count). The van der Waals surface area contributed by atoms with Gasteiger partial charge in [-0.05, 0) is 5.56 Å². The van der Waals surface area contributed by atoms with E-state index in [9.17, 15) is 9.59 Å². The molecule has 2 amide bonds. The Hall–Kier alpha value is -2.63. The molecule has 1 aromatic carbocycles. The van der Waals surface area contributed by atoms with Crippen molar-refractivity contribution < 1.29 is 9.59 Å². The SMILES string of the molecule is CN1CC(C(=O)Nc2cnn(Cc3ccccc3)c2)CC1=O. The van der Waals surface area contributed by atoms with E-state index in [2.05, 4.69) is 10.4 Å². The quantitative estimate of drug-likeness (QED) is 0.926. The molecule has 114 valence electrons. The first kappa shape index (κ1) is 14.3. The molecular weight excluding hydrogens is 280 g/mol. The molecule has 0 bridgehead atoms. The van der Waals surface area contributed by atoms with E-state index >= 15 is 0 Å². The maximum atomic E-state index is 12.1. The summed E-state index contributed by atoms with van der Waals surface area (Å²) < 4.78 is 1.77. The third-order valence-electron chi connectivity index (χ3n) is 3.80. The van der Waals surface area contributed by atoms with Crippen LogP contribution in [0.3, 0.4) is 0 Å². The third kappa shape index (κ3) is 3.16. The van der Waals surface area contributed by atoms with E-state index in [0.717, 1.165) is 5.56 Å². The Morgan fingerprint density at radius 3 is 2.82 bits per heavy atom. The second-order valence-electron chi connectivity index (χ2n) is 5.58. The number of benzene rings is 1. The molecule has 1 fully saturated rings. The van der Waals surface area contributed by atoms with Gasteiger partial charge < -0.3 is 10.2 Å². The van der Waals surface area contributed by atoms with Gasteiger partial charge in [-0.25, -0.2) is 0 Å². The Bertz CT molecular complexity index is 680. The van der Waals surface area contributed by atoms with Crippen molar-refractivity contribution in [2.45, 2.75) is 13.0 Å². The number of amides is 2. The number of nitrogens with one attached hydrogen (secondary N) is 1. The van der Waals surface area contributed by atoms with E-state index in [0.29, 0.717) is 18.8 Å². The van der Waals surface area contributed by atoms with Gasteiger partial charge in [0, 0.05) is 26.2 Å². The number of hydrogen-bond acceptors (Lipinski definition) is 3. The van der Waals surface area contributed by atoms with Gasteiger partial charge >= 0.3 is 0 Å². The number of carbonyl (C=O) groups excluding carboxylic acids is 2. The van der Waals surface area contributed by atoms with E-state index < -0.39 is 0 Å². The summed E-state index contributed by atoms with van der Waals surface area (Å²) in [5, 5.41) is 7.08. The predicted molar refractivity (Wildman–Crippen MR) is 82.1 cm³/mol. The van der Waals surface area contributed by atoms with Crippen LogP contribution in [0.15, 0.2) is 42.7 Å². The van der Waals surface area contributed by atoms with Crippen molar-refractivity contribution in [3.63, 3.8) is 0 Å². The summed E-state index contributed by atoms with van der Waals surface area (Å²) >= 11 is 0. The minimum atomic E-state index is -0.282. The van der Waals surface area contributed by atoms with Gasteiger partial charge in [-0.1, -0.05) is 30.3 Å². The summed E-state index contributed by atoms with van der Waals surface area (Å²) in [6, 6.07) is 9.99. The molecule has 1 aliphatic heterocycles. The van der Waals surface area contributed by atoms with Crippen LogP contribution in [0.1, 0.15) is 12.0 Å². The molecular formula is C16H18N4O2. The van der Waals surface area contributed by atoms with Crippen LogP contribution in [0.2, 0.25) is 0 Å². The minimum Gasteiger partial charge on any atom is -0.345 e. The molecule has 0 aliphatic carbocycles. The van der Waals surface area contributed by atoms with Crippen LogP contribution >= 0.6 is 0 Å². The molecule has 0 spiro atoms. The minimum absolute atomic E-state index is 0.0138. The standard InChI is InChI=1S/C16H18N4O2/c1-19-10-13(7-15(19)21)16(22)18-14-8-17-20(11-14)9-12-5-3-2-4-6-12/h2-6,8,11,13H,7,9-10H2,1H3,(H,18,22). The highest BCUT2D eigenvalue weighted by molar-refractivity contribution is 5.96. The van der Waals surface area contributed by atoms with Crippen LogP contribution in [0.4, 0.5) is 5.69 Å². The fraction of sp³-hybridized carbons (Fsp3) is 0.312. The summed E-state index contributed by atoms with van der Waals surface area (Å²) in [6.45, 7) is 1.13. The molecule has 0 saturated carbocycles. The van der Waals surface area contributed by atoms with E-state index in [1.165, 1.54) is 0 Å². The second-order valence-corrected chi connectivity index (χ2v) is 5.58. The lowest BCUT2D eigenvalue weighted by molar-refractivity contribution is -0.127. The normalized spacial score (nSPS) is 17.8. The molecule has 2 aromatic rings. The van der Waals surface area contributed by atoms with Gasteiger partial charge in [-0.15, -0.1) is 0 Å². The van der Waals surface area contributed by atoms with Crippen LogP contribution in [0, 0.1) is 5.92 Å². The van der Waals surface area contributed by atoms with E-state index in [-0.39, 0.29) is 24.2 Å². The summed E-state index contributed by atoms with van der Waals surface area (Å²) in [6.07, 6.45) is 3.70. The van der Waals surface area contributed by atoms with Gasteiger partial charge in [0.15, 0.2) is 0 Å². The molecule has 6 nitrogen and oxygen atoms in total. The highest BCUT2D eigenvalue weighted by Crippen LogP contribution is 2.18. The van der Waals surface area contributed by atoms with Crippen molar-refractivity contribution in [3.05, 3.63) is 48.3 Å². The Labute approximate surface area is 128 Å². The maximum Gasteiger partial charge on any atom is 0.229 e. The average molecular weight is 298 g/mol. The van der Waals surface area contributed by atoms with Gasteiger partial charge in [-0.3, -0.25) is 14.3 Å². The Morgan fingerprint density at radius 1 is 1.36 bits per heavy atom. The summed E-state index contributed by atoms with van der Waals surface area (Å²) in [7, 11) is 1.72. The average Bonchev–Trinajstić information content (AvgIpc) is 3.07. The summed E-state index contributed by atoms with van der Waals surface area (Å²) in [5.41, 5.74) is 1.80. The van der Waals surface area contributed by atoms with Gasteiger partial charge in [0.05, 0.1) is 24.3 Å². The van der Waals surface area contributed by atoms with Gasteiger partial charge in [-0.2, -0.15) is 5.10 Å². The molecule has 6 heteroatoms. The van der Waals surface area contributed by atoms with Crippen LogP contribution in [0.5, 0.6) is 0 Å². The molecule has 1 N–H and O–H groups in total. The molecule has 2 heterocycles. The van der Waals surface area contributed by atoms with Gasteiger partial charge in [0.1, 0.15) is 0 Å². The number of carbonyl (C=O) groups is 2. The first-order chi connectivity index (χ1) is 10.6. The van der Waals surface area contributed by atoms with E-state index in [4.69, 9.17) is 0 Å². The Balaban J connectivity index is 1.60. The fourth-order valence-corrected chi connectivity index (χ4v) is 2.57. The van der Waals surface area contributed by atoms with Crippen molar-refractivity contribution in [2.24, 2.45) is 5.92 Å². The Kier molecular flexibility index (Phi) is 3.91.